The van der Waals surface area contributed by atoms with Gasteiger partial charge < -0.3 is 15.5 Å². The Labute approximate surface area is 123 Å². The van der Waals surface area contributed by atoms with Crippen LogP contribution in [0.3, 0.4) is 0 Å². The Kier molecular flexibility index (Phi) is 5.12. The van der Waals surface area contributed by atoms with E-state index in [0.717, 1.165) is 0 Å². The Morgan fingerprint density at radius 2 is 2.00 bits per heavy atom. The van der Waals surface area contributed by atoms with Crippen LogP contribution in [0.4, 0.5) is 14.5 Å². The van der Waals surface area contributed by atoms with Crippen molar-refractivity contribution in [1.82, 2.24) is 10.6 Å². The highest BCUT2D eigenvalue weighted by atomic mass is 19.1. The summed E-state index contributed by atoms with van der Waals surface area (Å²) in [6.45, 7) is 5.32. The quantitative estimate of drug-likeness (QED) is 0.890. The number of amides is 1. The summed E-state index contributed by atoms with van der Waals surface area (Å²) in [6, 6.07) is 2.90. The summed E-state index contributed by atoms with van der Waals surface area (Å²) in [5, 5.41) is 5.81. The van der Waals surface area contributed by atoms with Crippen LogP contribution in [0.25, 0.3) is 0 Å². The molecule has 2 N–H and O–H groups in total. The smallest absolute Gasteiger partial charge is 0.239 e. The maximum Gasteiger partial charge on any atom is 0.239 e. The zero-order valence-corrected chi connectivity index (χ0v) is 12.4. The third kappa shape index (κ3) is 4.14. The predicted octanol–water partition coefficient (Wildman–Crippen LogP) is 1.79. The minimum absolute atomic E-state index is 0.0164. The summed E-state index contributed by atoms with van der Waals surface area (Å²) in [5.74, 6) is -1.45. The monoisotopic (exact) mass is 297 g/mol. The number of rotatable bonds is 4. The Balaban J connectivity index is 2.21. The molecule has 116 valence electrons. The molecule has 21 heavy (non-hydrogen) atoms. The van der Waals surface area contributed by atoms with Gasteiger partial charge in [0.15, 0.2) is 0 Å². The Morgan fingerprint density at radius 3 is 2.62 bits per heavy atom. The lowest BCUT2D eigenvalue weighted by atomic mass is 10.1. The zero-order chi connectivity index (χ0) is 15.4. The van der Waals surface area contributed by atoms with Crippen molar-refractivity contribution >= 4 is 11.6 Å². The van der Waals surface area contributed by atoms with E-state index in [4.69, 9.17) is 0 Å². The lowest BCUT2D eigenvalue weighted by Gasteiger charge is -2.23. The average molecular weight is 297 g/mol. The Hall–Kier alpha value is -1.69. The second-order valence-corrected chi connectivity index (χ2v) is 5.57. The number of anilines is 1. The molecule has 0 aliphatic carbocycles. The molecular formula is C15H21F2N3O. The molecule has 1 aliphatic heterocycles. The highest BCUT2D eigenvalue weighted by Crippen LogP contribution is 2.25. The molecule has 0 saturated carbocycles. The maximum absolute atomic E-state index is 14.2. The van der Waals surface area contributed by atoms with Crippen LogP contribution in [0.1, 0.15) is 25.8 Å². The van der Waals surface area contributed by atoms with Crippen molar-refractivity contribution in [3.05, 3.63) is 29.3 Å². The van der Waals surface area contributed by atoms with Crippen molar-refractivity contribution in [2.45, 2.75) is 32.9 Å². The minimum Gasteiger partial charge on any atom is -0.357 e. The normalized spacial score (nSPS) is 16.0. The summed E-state index contributed by atoms with van der Waals surface area (Å²) in [6.07, 6.45) is 0.668. The van der Waals surface area contributed by atoms with Crippen molar-refractivity contribution in [1.29, 1.82) is 0 Å². The summed E-state index contributed by atoms with van der Waals surface area (Å²) in [4.78, 5) is 13.0. The fourth-order valence-electron chi connectivity index (χ4n) is 2.34. The fourth-order valence-corrected chi connectivity index (χ4v) is 2.34. The molecule has 0 radical (unpaired) electrons. The van der Waals surface area contributed by atoms with Crippen LogP contribution in [-0.4, -0.2) is 31.6 Å². The van der Waals surface area contributed by atoms with Crippen molar-refractivity contribution in [3.8, 4) is 0 Å². The van der Waals surface area contributed by atoms with Crippen LogP contribution in [0.2, 0.25) is 0 Å². The zero-order valence-electron chi connectivity index (χ0n) is 12.4. The van der Waals surface area contributed by atoms with Crippen LogP contribution in [0.5, 0.6) is 0 Å². The van der Waals surface area contributed by atoms with Crippen molar-refractivity contribution < 1.29 is 13.6 Å². The van der Waals surface area contributed by atoms with Gasteiger partial charge in [-0.1, -0.05) is 13.8 Å². The van der Waals surface area contributed by atoms with E-state index >= 15 is 0 Å². The van der Waals surface area contributed by atoms with Gasteiger partial charge in [-0.15, -0.1) is 0 Å². The molecule has 1 aliphatic rings. The molecule has 0 aromatic heterocycles. The Morgan fingerprint density at radius 1 is 1.33 bits per heavy atom. The number of halogens is 2. The molecule has 1 saturated heterocycles. The van der Waals surface area contributed by atoms with E-state index in [0.29, 0.717) is 31.6 Å². The lowest BCUT2D eigenvalue weighted by Crippen LogP contribution is -2.34. The lowest BCUT2D eigenvalue weighted by molar-refractivity contribution is -0.119. The van der Waals surface area contributed by atoms with E-state index in [2.05, 4.69) is 10.6 Å². The number of nitrogens with one attached hydrogen (secondary N) is 2. The third-order valence-corrected chi connectivity index (χ3v) is 3.37. The van der Waals surface area contributed by atoms with E-state index in [1.54, 1.807) is 0 Å². The Bertz CT molecular complexity index is 497. The molecule has 1 amide bonds. The summed E-state index contributed by atoms with van der Waals surface area (Å²) >= 11 is 0. The summed E-state index contributed by atoms with van der Waals surface area (Å²) < 4.78 is 28.5. The van der Waals surface area contributed by atoms with E-state index in [1.165, 1.54) is 17.0 Å². The number of hydrogen-bond donors (Lipinski definition) is 2. The van der Waals surface area contributed by atoms with Gasteiger partial charge in [0.25, 0.3) is 0 Å². The van der Waals surface area contributed by atoms with E-state index in [1.807, 2.05) is 13.8 Å². The first kappa shape index (κ1) is 15.7. The molecule has 0 bridgehead atoms. The van der Waals surface area contributed by atoms with Gasteiger partial charge >= 0.3 is 0 Å². The SMILES string of the molecule is CC(C)NCc1cc(F)c(N2CCCNC(=O)C2)c(F)c1. The molecule has 0 spiro atoms. The maximum atomic E-state index is 14.2. The van der Waals surface area contributed by atoms with E-state index in [9.17, 15) is 13.6 Å². The van der Waals surface area contributed by atoms with Crippen molar-refractivity contribution in [2.24, 2.45) is 0 Å². The molecule has 1 aromatic rings. The first-order chi connectivity index (χ1) is 9.97. The summed E-state index contributed by atoms with van der Waals surface area (Å²) in [5.41, 5.74) is 0.446. The second kappa shape index (κ2) is 6.85. The van der Waals surface area contributed by atoms with Crippen LogP contribution in [-0.2, 0) is 11.3 Å². The predicted molar refractivity (Wildman–Crippen MR) is 78.2 cm³/mol. The highest BCUT2D eigenvalue weighted by Gasteiger charge is 2.22. The van der Waals surface area contributed by atoms with Gasteiger partial charge in [0, 0.05) is 25.7 Å². The van der Waals surface area contributed by atoms with E-state index < -0.39 is 11.6 Å². The average Bonchev–Trinajstić information content (AvgIpc) is 2.60. The topological polar surface area (TPSA) is 44.4 Å². The number of benzene rings is 1. The van der Waals surface area contributed by atoms with Gasteiger partial charge in [-0.2, -0.15) is 0 Å². The van der Waals surface area contributed by atoms with Crippen LogP contribution in [0.15, 0.2) is 12.1 Å². The second-order valence-electron chi connectivity index (χ2n) is 5.57. The standard InChI is InChI=1S/C15H21F2N3O/c1-10(2)19-8-11-6-12(16)15(13(17)7-11)20-5-3-4-18-14(21)9-20/h6-7,10,19H,3-5,8-9H2,1-2H3,(H,18,21). The van der Waals surface area contributed by atoms with Gasteiger partial charge in [-0.25, -0.2) is 8.78 Å². The minimum atomic E-state index is -0.620. The number of carbonyl (C=O) groups excluding carboxylic acids is 1. The molecule has 1 heterocycles. The van der Waals surface area contributed by atoms with Gasteiger partial charge in [0.1, 0.15) is 17.3 Å². The number of nitrogens with zero attached hydrogens (tertiary/aromatic N) is 1. The molecule has 1 aromatic carbocycles. The fraction of sp³-hybridized carbons (Fsp3) is 0.533. The van der Waals surface area contributed by atoms with Crippen LogP contribution < -0.4 is 15.5 Å². The van der Waals surface area contributed by atoms with Crippen molar-refractivity contribution in [2.75, 3.05) is 24.5 Å². The first-order valence-electron chi connectivity index (χ1n) is 7.20. The molecule has 0 unspecified atom stereocenters. The van der Waals surface area contributed by atoms with Crippen LogP contribution in [0, 0.1) is 11.6 Å². The van der Waals surface area contributed by atoms with Gasteiger partial charge in [-0.05, 0) is 24.1 Å². The molecule has 0 atom stereocenters. The van der Waals surface area contributed by atoms with Gasteiger partial charge in [-0.3, -0.25) is 4.79 Å². The molecule has 2 rings (SSSR count). The van der Waals surface area contributed by atoms with Crippen LogP contribution >= 0.6 is 0 Å². The highest BCUT2D eigenvalue weighted by molar-refractivity contribution is 5.81. The number of hydrogen-bond acceptors (Lipinski definition) is 3. The third-order valence-electron chi connectivity index (χ3n) is 3.37. The molecule has 6 heteroatoms. The van der Waals surface area contributed by atoms with Crippen molar-refractivity contribution in [3.63, 3.8) is 0 Å². The molecule has 4 nitrogen and oxygen atoms in total. The van der Waals surface area contributed by atoms with Gasteiger partial charge in [0.2, 0.25) is 5.91 Å². The summed E-state index contributed by atoms with van der Waals surface area (Å²) in [7, 11) is 0. The number of carbonyl (C=O) groups is 1. The first-order valence-corrected chi connectivity index (χ1v) is 7.20. The largest absolute Gasteiger partial charge is 0.357 e. The van der Waals surface area contributed by atoms with E-state index in [-0.39, 0.29) is 24.2 Å². The molecular weight excluding hydrogens is 276 g/mol. The molecule has 1 fully saturated rings. The van der Waals surface area contributed by atoms with Gasteiger partial charge in [0.05, 0.1) is 6.54 Å².